The maximum absolute atomic E-state index is 4.46. The van der Waals surface area contributed by atoms with Crippen LogP contribution in [0.25, 0.3) is 0 Å². The topological polar surface area (TPSA) is 12.4 Å². The van der Waals surface area contributed by atoms with Gasteiger partial charge < -0.3 is 0 Å². The van der Waals surface area contributed by atoms with Crippen LogP contribution in [0.1, 0.15) is 48.0 Å². The van der Waals surface area contributed by atoms with Gasteiger partial charge in [0.15, 0.2) is 0 Å². The van der Waals surface area contributed by atoms with Crippen LogP contribution in [0.15, 0.2) is 28.9 Å². The minimum atomic E-state index is 0.271. The van der Waals surface area contributed by atoms with E-state index in [9.17, 15) is 0 Å². The third-order valence-electron chi connectivity index (χ3n) is 1.67. The molecule has 0 bridgehead atoms. The zero-order chi connectivity index (χ0) is 11.4. The lowest BCUT2D eigenvalue weighted by Crippen LogP contribution is -2.13. The number of nitrogens with zero attached hydrogens (tertiary/aromatic N) is 1. The van der Waals surface area contributed by atoms with E-state index in [1.54, 1.807) is 0 Å². The van der Waals surface area contributed by atoms with Crippen molar-refractivity contribution in [3.05, 3.63) is 23.9 Å². The van der Waals surface area contributed by atoms with Gasteiger partial charge in [-0.05, 0) is 38.2 Å². The van der Waals surface area contributed by atoms with E-state index in [0.717, 1.165) is 17.7 Å². The van der Waals surface area contributed by atoms with Gasteiger partial charge in [-0.2, -0.15) is 0 Å². The Morgan fingerprint density at radius 3 is 2.00 bits per heavy atom. The van der Waals surface area contributed by atoms with Gasteiger partial charge in [0, 0.05) is 11.9 Å². The molecule has 0 aromatic heterocycles. The molecule has 14 heavy (non-hydrogen) atoms. The van der Waals surface area contributed by atoms with Crippen LogP contribution in [0.5, 0.6) is 0 Å². The highest BCUT2D eigenvalue weighted by Gasteiger charge is 2.14. The van der Waals surface area contributed by atoms with Gasteiger partial charge in [-0.3, -0.25) is 4.99 Å². The molecule has 1 heteroatoms. The third kappa shape index (κ3) is 6.64. The van der Waals surface area contributed by atoms with Crippen molar-refractivity contribution in [1.29, 1.82) is 0 Å². The Morgan fingerprint density at radius 1 is 1.21 bits per heavy atom. The molecule has 0 aliphatic heterocycles. The van der Waals surface area contributed by atoms with Crippen molar-refractivity contribution < 1.29 is 0 Å². The molecular formula is C13H23N. The van der Waals surface area contributed by atoms with Gasteiger partial charge in [-0.1, -0.05) is 32.9 Å². The van der Waals surface area contributed by atoms with Crippen LogP contribution in [-0.2, 0) is 0 Å². The monoisotopic (exact) mass is 193 g/mol. The number of hydrogen-bond acceptors (Lipinski definition) is 1. The molecule has 0 aromatic rings. The Labute approximate surface area is 88.6 Å². The Hall–Kier alpha value is -0.850. The molecule has 0 atom stereocenters. The van der Waals surface area contributed by atoms with Gasteiger partial charge in [-0.25, -0.2) is 0 Å². The molecule has 80 valence electrons. The average Bonchev–Trinajstić information content (AvgIpc) is 1.94. The van der Waals surface area contributed by atoms with Gasteiger partial charge in [0.25, 0.3) is 0 Å². The highest BCUT2D eigenvalue weighted by molar-refractivity contribution is 5.99. The Balaban J connectivity index is 4.71. The van der Waals surface area contributed by atoms with Crippen LogP contribution in [-0.4, -0.2) is 5.71 Å². The molecule has 0 N–H and O–H groups in total. The largest absolute Gasteiger partial charge is 0.261 e. The molecule has 0 heterocycles. The minimum Gasteiger partial charge on any atom is -0.261 e. The van der Waals surface area contributed by atoms with Gasteiger partial charge in [0.1, 0.15) is 0 Å². The predicted molar refractivity (Wildman–Crippen MR) is 65.8 cm³/mol. The predicted octanol–water partition coefficient (Wildman–Crippen LogP) is 4.36. The first-order valence-electron chi connectivity index (χ1n) is 5.08. The van der Waals surface area contributed by atoms with Crippen molar-refractivity contribution in [2.24, 2.45) is 10.4 Å². The lowest BCUT2D eigenvalue weighted by molar-refractivity contribution is 0.434. The highest BCUT2D eigenvalue weighted by atomic mass is 14.7. The second-order valence-electron chi connectivity index (χ2n) is 5.30. The lowest BCUT2D eigenvalue weighted by Gasteiger charge is -2.19. The second kappa shape index (κ2) is 5.14. The van der Waals surface area contributed by atoms with E-state index in [4.69, 9.17) is 0 Å². The SMILES string of the molecule is C=C(C)/C(CC(C)(C)C)=N\C=C(C)C. The zero-order valence-electron chi connectivity index (χ0n) is 10.4. The average molecular weight is 193 g/mol. The van der Waals surface area contributed by atoms with E-state index < -0.39 is 0 Å². The van der Waals surface area contributed by atoms with Gasteiger partial charge >= 0.3 is 0 Å². The Kier molecular flexibility index (Phi) is 4.82. The van der Waals surface area contributed by atoms with E-state index >= 15 is 0 Å². The van der Waals surface area contributed by atoms with Gasteiger partial charge in [0.05, 0.1) is 0 Å². The summed E-state index contributed by atoms with van der Waals surface area (Å²) in [6.45, 7) is 16.7. The summed E-state index contributed by atoms with van der Waals surface area (Å²) in [7, 11) is 0. The summed E-state index contributed by atoms with van der Waals surface area (Å²) in [6.07, 6.45) is 2.89. The molecule has 0 aromatic carbocycles. The second-order valence-corrected chi connectivity index (χ2v) is 5.30. The molecule has 0 radical (unpaired) electrons. The number of allylic oxidation sites excluding steroid dienone is 2. The van der Waals surface area contributed by atoms with Crippen molar-refractivity contribution >= 4 is 5.71 Å². The van der Waals surface area contributed by atoms with E-state index in [1.165, 1.54) is 5.57 Å². The van der Waals surface area contributed by atoms with Crippen molar-refractivity contribution in [2.75, 3.05) is 0 Å². The van der Waals surface area contributed by atoms with Crippen LogP contribution >= 0.6 is 0 Å². The zero-order valence-corrected chi connectivity index (χ0v) is 10.4. The molecule has 0 saturated heterocycles. The van der Waals surface area contributed by atoms with Crippen molar-refractivity contribution in [2.45, 2.75) is 48.0 Å². The molecule has 0 rings (SSSR count). The molecule has 0 aliphatic carbocycles. The molecule has 0 saturated carbocycles. The standard InChI is InChI=1S/C13H23N/c1-10(2)9-14-12(11(3)4)8-13(5,6)7/h9H,3,8H2,1-2,4-7H3/b14-12-. The third-order valence-corrected chi connectivity index (χ3v) is 1.67. The Bertz CT molecular complexity index is 257. The van der Waals surface area contributed by atoms with Crippen molar-refractivity contribution in [3.63, 3.8) is 0 Å². The maximum atomic E-state index is 4.46. The van der Waals surface area contributed by atoms with E-state index in [2.05, 4.69) is 46.2 Å². The van der Waals surface area contributed by atoms with Crippen LogP contribution in [0.3, 0.4) is 0 Å². The summed E-state index contributed by atoms with van der Waals surface area (Å²) in [6, 6.07) is 0. The minimum absolute atomic E-state index is 0.271. The number of aliphatic imine (C=N–C) groups is 1. The normalized spacial score (nSPS) is 12.6. The van der Waals surface area contributed by atoms with Crippen molar-refractivity contribution in [3.8, 4) is 0 Å². The first kappa shape index (κ1) is 13.2. The first-order chi connectivity index (χ1) is 6.22. The fourth-order valence-electron chi connectivity index (χ4n) is 1.02. The van der Waals surface area contributed by atoms with E-state index in [-0.39, 0.29) is 5.41 Å². The molecule has 0 aliphatic rings. The molecule has 0 spiro atoms. The highest BCUT2D eigenvalue weighted by Crippen LogP contribution is 2.21. The van der Waals surface area contributed by atoms with Crippen LogP contribution in [0, 0.1) is 5.41 Å². The van der Waals surface area contributed by atoms with Crippen LogP contribution in [0.2, 0.25) is 0 Å². The molecule has 0 fully saturated rings. The molecule has 0 amide bonds. The lowest BCUT2D eigenvalue weighted by atomic mass is 9.88. The summed E-state index contributed by atoms with van der Waals surface area (Å²) < 4.78 is 0. The fourth-order valence-corrected chi connectivity index (χ4v) is 1.02. The number of rotatable bonds is 3. The molecule has 0 unspecified atom stereocenters. The smallest absolute Gasteiger partial charge is 0.0432 e. The quantitative estimate of drug-likeness (QED) is 0.590. The molecular weight excluding hydrogens is 170 g/mol. The molecule has 1 nitrogen and oxygen atoms in total. The summed E-state index contributed by atoms with van der Waals surface area (Å²) in [5.74, 6) is 0. The van der Waals surface area contributed by atoms with E-state index in [1.807, 2.05) is 13.1 Å². The summed E-state index contributed by atoms with van der Waals surface area (Å²) >= 11 is 0. The van der Waals surface area contributed by atoms with E-state index in [0.29, 0.717) is 0 Å². The Morgan fingerprint density at radius 2 is 1.71 bits per heavy atom. The van der Waals surface area contributed by atoms with Crippen molar-refractivity contribution in [1.82, 2.24) is 0 Å². The van der Waals surface area contributed by atoms with Gasteiger partial charge in [-0.15, -0.1) is 0 Å². The number of hydrogen-bond donors (Lipinski definition) is 0. The summed E-state index contributed by atoms with van der Waals surface area (Å²) in [5, 5.41) is 0. The van der Waals surface area contributed by atoms with Crippen LogP contribution < -0.4 is 0 Å². The summed E-state index contributed by atoms with van der Waals surface area (Å²) in [5.41, 5.74) is 3.67. The fraction of sp³-hybridized carbons (Fsp3) is 0.615. The van der Waals surface area contributed by atoms with Crippen LogP contribution in [0.4, 0.5) is 0 Å². The summed E-state index contributed by atoms with van der Waals surface area (Å²) in [4.78, 5) is 4.46. The first-order valence-corrected chi connectivity index (χ1v) is 5.08. The maximum Gasteiger partial charge on any atom is 0.0432 e. The van der Waals surface area contributed by atoms with Gasteiger partial charge in [0.2, 0.25) is 0 Å².